The summed E-state index contributed by atoms with van der Waals surface area (Å²) in [6.07, 6.45) is 0.197. The Morgan fingerprint density at radius 2 is 1.72 bits per heavy atom. The van der Waals surface area contributed by atoms with Crippen LogP contribution in [0.25, 0.3) is 0 Å². The number of halogens is 1. The van der Waals surface area contributed by atoms with Crippen molar-refractivity contribution in [3.8, 4) is 0 Å². The Balaban J connectivity index is 1.68. The van der Waals surface area contributed by atoms with E-state index in [0.29, 0.717) is 35.9 Å². The highest BCUT2D eigenvalue weighted by Crippen LogP contribution is 2.46. The molecule has 2 heterocycles. The average Bonchev–Trinajstić information content (AvgIpc) is 3.26. The van der Waals surface area contributed by atoms with Crippen LogP contribution in [0.1, 0.15) is 44.4 Å². The van der Waals surface area contributed by atoms with Crippen molar-refractivity contribution >= 4 is 40.3 Å². The first kappa shape index (κ1) is 26.0. The fraction of sp³-hybridized carbons (Fsp3) is 0.321. The number of allylic oxidation sites excluding steroid dienone is 1. The first-order chi connectivity index (χ1) is 17.3. The second-order valence-corrected chi connectivity index (χ2v) is 10.0. The fourth-order valence-electron chi connectivity index (χ4n) is 4.55. The minimum Gasteiger partial charge on any atom is -0.341 e. The number of benzene rings is 2. The summed E-state index contributed by atoms with van der Waals surface area (Å²) in [6, 6.07) is 17.0. The number of carbonyl (C=O) groups excluding carboxylic acids is 2. The molecule has 2 aliphatic rings. The molecule has 0 bridgehead atoms. The van der Waals surface area contributed by atoms with Crippen molar-refractivity contribution in [3.63, 3.8) is 0 Å². The van der Waals surface area contributed by atoms with Gasteiger partial charge in [0.25, 0.3) is 5.91 Å². The van der Waals surface area contributed by atoms with Gasteiger partial charge in [-0.05, 0) is 43.4 Å². The molecule has 36 heavy (non-hydrogen) atoms. The van der Waals surface area contributed by atoms with Gasteiger partial charge in [-0.3, -0.25) is 9.59 Å². The zero-order chi connectivity index (χ0) is 25.8. The molecule has 0 aliphatic carbocycles. The van der Waals surface area contributed by atoms with Crippen LogP contribution in [0.4, 0.5) is 0 Å². The number of aliphatic imine (C=N–C) groups is 1. The highest BCUT2D eigenvalue weighted by molar-refractivity contribution is 8.16. The minimum absolute atomic E-state index is 0.00671. The standard InChI is InChI=1S/C28H31ClN4O2S/c1-5-32(6-2)27(35)25-19(3)30-28-33(26(25)22-14-10-11-15-23(22)29)21(18-36-28)16-24(34)31(4)17-20-12-8-7-9-13-20/h7-15,18,26H,5-6,16-17H2,1-4H3. The Hall–Kier alpha value is -3.03. The number of amidine groups is 1. The second-order valence-electron chi connectivity index (χ2n) is 8.80. The van der Waals surface area contributed by atoms with Crippen molar-refractivity contribution < 1.29 is 9.59 Å². The van der Waals surface area contributed by atoms with Gasteiger partial charge in [-0.2, -0.15) is 0 Å². The average molecular weight is 523 g/mol. The van der Waals surface area contributed by atoms with Crippen molar-refractivity contribution in [2.75, 3.05) is 20.1 Å². The molecule has 4 rings (SSSR count). The van der Waals surface area contributed by atoms with Crippen LogP contribution in [-0.4, -0.2) is 51.8 Å². The molecule has 2 aromatic rings. The topological polar surface area (TPSA) is 56.2 Å². The van der Waals surface area contributed by atoms with Gasteiger partial charge >= 0.3 is 0 Å². The zero-order valence-electron chi connectivity index (χ0n) is 21.1. The summed E-state index contributed by atoms with van der Waals surface area (Å²) in [4.78, 5) is 37.3. The number of hydrogen-bond donors (Lipinski definition) is 0. The summed E-state index contributed by atoms with van der Waals surface area (Å²) < 4.78 is 0. The van der Waals surface area contributed by atoms with Crippen LogP contribution >= 0.6 is 23.4 Å². The van der Waals surface area contributed by atoms with E-state index in [9.17, 15) is 9.59 Å². The van der Waals surface area contributed by atoms with E-state index in [1.54, 1.807) is 9.80 Å². The SMILES string of the molecule is CCN(CC)C(=O)C1=C(C)N=C2SC=C(CC(=O)N(C)Cc3ccccc3)N2C1c1ccccc1Cl. The molecule has 0 spiro atoms. The second kappa shape index (κ2) is 11.4. The van der Waals surface area contributed by atoms with E-state index >= 15 is 0 Å². The maximum absolute atomic E-state index is 13.7. The third-order valence-electron chi connectivity index (χ3n) is 6.50. The van der Waals surface area contributed by atoms with Crippen molar-refractivity contribution in [2.24, 2.45) is 4.99 Å². The highest BCUT2D eigenvalue weighted by Gasteiger charge is 2.42. The maximum Gasteiger partial charge on any atom is 0.254 e. The Kier molecular flexibility index (Phi) is 8.21. The molecule has 188 valence electrons. The minimum atomic E-state index is -0.465. The molecule has 0 saturated heterocycles. The molecule has 1 unspecified atom stereocenters. The molecule has 2 amide bonds. The molecule has 2 aromatic carbocycles. The lowest BCUT2D eigenvalue weighted by Gasteiger charge is -2.38. The first-order valence-corrected chi connectivity index (χ1v) is 13.4. The number of rotatable bonds is 8. The highest BCUT2D eigenvalue weighted by atomic mass is 35.5. The van der Waals surface area contributed by atoms with E-state index in [1.165, 1.54) is 11.8 Å². The van der Waals surface area contributed by atoms with Gasteiger partial charge in [0.05, 0.1) is 23.7 Å². The summed E-state index contributed by atoms with van der Waals surface area (Å²) in [5, 5.41) is 3.29. The Bertz CT molecular complexity index is 1240. The number of likely N-dealkylation sites (N-methyl/N-ethyl adjacent to an activating group) is 1. The van der Waals surface area contributed by atoms with Crippen LogP contribution in [-0.2, 0) is 16.1 Å². The number of thioether (sulfide) groups is 1. The lowest BCUT2D eigenvalue weighted by molar-refractivity contribution is -0.129. The van der Waals surface area contributed by atoms with Crippen molar-refractivity contribution in [1.82, 2.24) is 14.7 Å². The van der Waals surface area contributed by atoms with E-state index < -0.39 is 6.04 Å². The fourth-order valence-corrected chi connectivity index (χ4v) is 5.75. The lowest BCUT2D eigenvalue weighted by atomic mass is 9.92. The molecule has 0 aromatic heterocycles. The Morgan fingerprint density at radius 1 is 1.06 bits per heavy atom. The summed E-state index contributed by atoms with van der Waals surface area (Å²) >= 11 is 8.17. The number of fused-ring (bicyclic) bond motifs is 1. The molecule has 6 nitrogen and oxygen atoms in total. The van der Waals surface area contributed by atoms with Gasteiger partial charge in [0.1, 0.15) is 0 Å². The van der Waals surface area contributed by atoms with Crippen LogP contribution in [0.2, 0.25) is 5.02 Å². The van der Waals surface area contributed by atoms with E-state index in [2.05, 4.69) is 0 Å². The van der Waals surface area contributed by atoms with Gasteiger partial charge in [-0.1, -0.05) is 71.9 Å². The van der Waals surface area contributed by atoms with Gasteiger partial charge in [-0.15, -0.1) is 0 Å². The summed E-state index contributed by atoms with van der Waals surface area (Å²) in [5.74, 6) is -0.0678. The number of carbonyl (C=O) groups is 2. The van der Waals surface area contributed by atoms with Crippen LogP contribution < -0.4 is 0 Å². The Morgan fingerprint density at radius 3 is 2.39 bits per heavy atom. The van der Waals surface area contributed by atoms with Gasteiger partial charge in [-0.25, -0.2) is 4.99 Å². The van der Waals surface area contributed by atoms with Crippen LogP contribution in [0.3, 0.4) is 0 Å². The zero-order valence-corrected chi connectivity index (χ0v) is 22.6. The predicted molar refractivity (Wildman–Crippen MR) is 147 cm³/mol. The van der Waals surface area contributed by atoms with Crippen LogP contribution in [0, 0.1) is 0 Å². The van der Waals surface area contributed by atoms with Gasteiger partial charge < -0.3 is 14.7 Å². The number of hydrogen-bond acceptors (Lipinski definition) is 5. The smallest absolute Gasteiger partial charge is 0.254 e. The largest absolute Gasteiger partial charge is 0.341 e. The molecular formula is C28H31ClN4O2S. The summed E-state index contributed by atoms with van der Waals surface area (Å²) in [7, 11) is 1.81. The van der Waals surface area contributed by atoms with Gasteiger partial charge in [0.2, 0.25) is 5.91 Å². The van der Waals surface area contributed by atoms with Crippen molar-refractivity contribution in [3.05, 3.63) is 93.1 Å². The van der Waals surface area contributed by atoms with Crippen molar-refractivity contribution in [2.45, 2.75) is 39.8 Å². The van der Waals surface area contributed by atoms with Gasteiger partial charge in [0, 0.05) is 37.4 Å². The van der Waals surface area contributed by atoms with E-state index in [-0.39, 0.29) is 18.2 Å². The molecule has 0 fully saturated rings. The normalized spacial score (nSPS) is 16.9. The molecule has 2 aliphatic heterocycles. The quantitative estimate of drug-likeness (QED) is 0.437. The summed E-state index contributed by atoms with van der Waals surface area (Å²) in [5.41, 5.74) is 3.97. The lowest BCUT2D eigenvalue weighted by Crippen LogP contribution is -2.42. The third-order valence-corrected chi connectivity index (χ3v) is 7.74. The van der Waals surface area contributed by atoms with Crippen LogP contribution in [0.5, 0.6) is 0 Å². The Labute approximate surface area is 222 Å². The third kappa shape index (κ3) is 5.22. The summed E-state index contributed by atoms with van der Waals surface area (Å²) in [6.45, 7) is 7.54. The van der Waals surface area contributed by atoms with E-state index in [0.717, 1.165) is 22.0 Å². The molecule has 0 radical (unpaired) electrons. The van der Waals surface area contributed by atoms with Crippen molar-refractivity contribution in [1.29, 1.82) is 0 Å². The predicted octanol–water partition coefficient (Wildman–Crippen LogP) is 5.83. The molecule has 0 N–H and O–H groups in total. The van der Waals surface area contributed by atoms with Crippen LogP contribution in [0.15, 0.2) is 82.0 Å². The van der Waals surface area contributed by atoms with E-state index in [1.807, 2.05) is 92.7 Å². The van der Waals surface area contributed by atoms with E-state index in [4.69, 9.17) is 16.6 Å². The monoisotopic (exact) mass is 522 g/mol. The molecular weight excluding hydrogens is 492 g/mol. The molecule has 0 saturated carbocycles. The first-order valence-electron chi connectivity index (χ1n) is 12.1. The number of nitrogens with zero attached hydrogens (tertiary/aromatic N) is 4. The van der Waals surface area contributed by atoms with Gasteiger partial charge in [0.15, 0.2) is 5.17 Å². The molecule has 8 heteroatoms. The molecule has 1 atom stereocenters. The number of amides is 2. The maximum atomic E-state index is 13.7.